The first-order valence-electron chi connectivity index (χ1n) is 7.61. The van der Waals surface area contributed by atoms with Crippen LogP contribution in [0.5, 0.6) is 0 Å². The maximum atomic E-state index is 6.07. The Morgan fingerprint density at radius 1 is 1.15 bits per heavy atom. The molecule has 1 aliphatic carbocycles. The van der Waals surface area contributed by atoms with Gasteiger partial charge in [-0.25, -0.2) is 0 Å². The quantitative estimate of drug-likeness (QED) is 0.898. The van der Waals surface area contributed by atoms with Gasteiger partial charge in [-0.2, -0.15) is 0 Å². The molecule has 0 heterocycles. The van der Waals surface area contributed by atoms with E-state index in [4.69, 9.17) is 5.73 Å². The van der Waals surface area contributed by atoms with Gasteiger partial charge in [-0.05, 0) is 55.1 Å². The summed E-state index contributed by atoms with van der Waals surface area (Å²) >= 11 is 0. The molecule has 1 aliphatic rings. The minimum atomic E-state index is 0.315. The molecule has 2 aromatic rings. The predicted molar refractivity (Wildman–Crippen MR) is 85.7 cm³/mol. The first kappa shape index (κ1) is 13.6. The molecule has 2 aromatic carbocycles. The van der Waals surface area contributed by atoms with Gasteiger partial charge in [0.1, 0.15) is 0 Å². The highest BCUT2D eigenvalue weighted by Crippen LogP contribution is 2.37. The first-order valence-corrected chi connectivity index (χ1v) is 7.61. The Morgan fingerprint density at radius 3 is 2.50 bits per heavy atom. The zero-order valence-corrected chi connectivity index (χ0v) is 12.4. The fourth-order valence-electron chi connectivity index (χ4n) is 3.15. The number of benzene rings is 2. The molecule has 2 unspecified atom stereocenters. The summed E-state index contributed by atoms with van der Waals surface area (Å²) in [6, 6.07) is 16.2. The molecule has 0 spiro atoms. The minimum Gasteiger partial charge on any atom is -0.329 e. The highest BCUT2D eigenvalue weighted by atomic mass is 15.2. The van der Waals surface area contributed by atoms with Crippen LogP contribution in [0.4, 0.5) is 0 Å². The van der Waals surface area contributed by atoms with Crippen LogP contribution in [0.2, 0.25) is 0 Å². The molecule has 106 valence electrons. The van der Waals surface area contributed by atoms with Gasteiger partial charge in [-0.15, -0.1) is 0 Å². The summed E-state index contributed by atoms with van der Waals surface area (Å²) in [6.45, 7) is 3.01. The third kappa shape index (κ3) is 2.58. The van der Waals surface area contributed by atoms with E-state index in [0.29, 0.717) is 18.6 Å². The van der Waals surface area contributed by atoms with Crippen LogP contribution in [0, 0.1) is 5.92 Å². The normalized spacial score (nSPS) is 18.4. The molecule has 3 rings (SSSR count). The van der Waals surface area contributed by atoms with E-state index in [1.165, 1.54) is 29.2 Å². The smallest absolute Gasteiger partial charge is 0.0470 e. The summed E-state index contributed by atoms with van der Waals surface area (Å²) in [4.78, 5) is 2.46. The topological polar surface area (TPSA) is 29.3 Å². The molecule has 0 aromatic heterocycles. The Morgan fingerprint density at radius 2 is 1.85 bits per heavy atom. The summed E-state index contributed by atoms with van der Waals surface area (Å²) < 4.78 is 0. The molecule has 2 nitrogen and oxygen atoms in total. The van der Waals surface area contributed by atoms with E-state index in [1.807, 2.05) is 0 Å². The van der Waals surface area contributed by atoms with Crippen LogP contribution in [0.25, 0.3) is 10.8 Å². The lowest BCUT2D eigenvalue weighted by Gasteiger charge is -2.33. The van der Waals surface area contributed by atoms with Crippen LogP contribution in [-0.4, -0.2) is 24.5 Å². The Hall–Kier alpha value is -1.38. The highest BCUT2D eigenvalue weighted by Gasteiger charge is 2.33. The Balaban J connectivity index is 1.89. The Bertz CT molecular complexity index is 589. The molecule has 2 atom stereocenters. The number of hydrogen-bond donors (Lipinski definition) is 1. The molecule has 2 N–H and O–H groups in total. The summed E-state index contributed by atoms with van der Waals surface area (Å²) in [6.07, 6.45) is 2.75. The second kappa shape index (κ2) is 5.55. The van der Waals surface area contributed by atoms with Gasteiger partial charge >= 0.3 is 0 Å². The molecule has 0 amide bonds. The van der Waals surface area contributed by atoms with Crippen molar-refractivity contribution in [2.24, 2.45) is 11.7 Å². The fraction of sp³-hybridized carbons (Fsp3) is 0.444. The third-order valence-corrected chi connectivity index (χ3v) is 4.82. The maximum Gasteiger partial charge on any atom is 0.0470 e. The van der Waals surface area contributed by atoms with Crippen LogP contribution in [0.15, 0.2) is 42.5 Å². The number of fused-ring (bicyclic) bond motifs is 1. The van der Waals surface area contributed by atoms with Gasteiger partial charge in [0.05, 0.1) is 0 Å². The van der Waals surface area contributed by atoms with Crippen molar-refractivity contribution in [2.45, 2.75) is 31.8 Å². The highest BCUT2D eigenvalue weighted by molar-refractivity contribution is 5.83. The monoisotopic (exact) mass is 268 g/mol. The van der Waals surface area contributed by atoms with Crippen molar-refractivity contribution in [2.75, 3.05) is 13.6 Å². The fourth-order valence-corrected chi connectivity index (χ4v) is 3.15. The van der Waals surface area contributed by atoms with Gasteiger partial charge in [0.25, 0.3) is 0 Å². The molecular weight excluding hydrogens is 244 g/mol. The third-order valence-electron chi connectivity index (χ3n) is 4.82. The van der Waals surface area contributed by atoms with Crippen molar-refractivity contribution in [1.29, 1.82) is 0 Å². The SMILES string of the molecule is CC(C1CC1)N(C)C(CN)c1ccc2ccccc2c1. The van der Waals surface area contributed by atoms with Crippen molar-refractivity contribution < 1.29 is 0 Å². The van der Waals surface area contributed by atoms with E-state index in [0.717, 1.165) is 5.92 Å². The van der Waals surface area contributed by atoms with E-state index < -0.39 is 0 Å². The van der Waals surface area contributed by atoms with Gasteiger partial charge in [0.2, 0.25) is 0 Å². The van der Waals surface area contributed by atoms with E-state index in [9.17, 15) is 0 Å². The second-order valence-corrected chi connectivity index (χ2v) is 6.10. The van der Waals surface area contributed by atoms with Crippen LogP contribution >= 0.6 is 0 Å². The number of nitrogens with zero attached hydrogens (tertiary/aromatic N) is 1. The summed E-state index contributed by atoms with van der Waals surface area (Å²) in [5, 5.41) is 2.60. The van der Waals surface area contributed by atoms with E-state index >= 15 is 0 Å². The molecule has 20 heavy (non-hydrogen) atoms. The maximum absolute atomic E-state index is 6.07. The minimum absolute atomic E-state index is 0.315. The zero-order valence-electron chi connectivity index (χ0n) is 12.4. The number of hydrogen-bond acceptors (Lipinski definition) is 2. The van der Waals surface area contributed by atoms with Gasteiger partial charge in [0.15, 0.2) is 0 Å². The van der Waals surface area contributed by atoms with Crippen LogP contribution in [0.3, 0.4) is 0 Å². The molecule has 0 radical (unpaired) electrons. The number of nitrogens with two attached hydrogens (primary N) is 1. The lowest BCUT2D eigenvalue weighted by molar-refractivity contribution is 0.171. The first-order chi connectivity index (χ1) is 9.70. The molecule has 2 heteroatoms. The molecule has 0 saturated heterocycles. The summed E-state index contributed by atoms with van der Waals surface area (Å²) in [5.74, 6) is 0.870. The molecule has 0 bridgehead atoms. The second-order valence-electron chi connectivity index (χ2n) is 6.10. The lowest BCUT2D eigenvalue weighted by atomic mass is 9.99. The van der Waals surface area contributed by atoms with Gasteiger partial charge in [0, 0.05) is 18.6 Å². The van der Waals surface area contributed by atoms with Gasteiger partial charge in [-0.3, -0.25) is 4.90 Å². The zero-order chi connectivity index (χ0) is 14.1. The average Bonchev–Trinajstić information content (AvgIpc) is 3.31. The molecule has 0 aliphatic heterocycles. The predicted octanol–water partition coefficient (Wildman–Crippen LogP) is 3.57. The standard InChI is InChI=1S/C18H24N2/c1-13(14-7-8-14)20(2)18(12-19)17-10-9-15-5-3-4-6-16(15)11-17/h3-6,9-11,13-14,18H,7-8,12,19H2,1-2H3. The average molecular weight is 268 g/mol. The van der Waals surface area contributed by atoms with E-state index in [-0.39, 0.29) is 0 Å². The number of rotatable bonds is 5. The molecule has 1 fully saturated rings. The van der Waals surface area contributed by atoms with Crippen LogP contribution in [-0.2, 0) is 0 Å². The summed E-state index contributed by atoms with van der Waals surface area (Å²) in [5.41, 5.74) is 7.40. The van der Waals surface area contributed by atoms with Gasteiger partial charge in [-0.1, -0.05) is 36.4 Å². The Labute approximate surface area is 121 Å². The van der Waals surface area contributed by atoms with E-state index in [2.05, 4.69) is 61.3 Å². The van der Waals surface area contributed by atoms with E-state index in [1.54, 1.807) is 0 Å². The van der Waals surface area contributed by atoms with Crippen molar-refractivity contribution in [3.8, 4) is 0 Å². The van der Waals surface area contributed by atoms with Crippen LogP contribution in [0.1, 0.15) is 31.4 Å². The lowest BCUT2D eigenvalue weighted by Crippen LogP contribution is -2.38. The largest absolute Gasteiger partial charge is 0.329 e. The Kier molecular flexibility index (Phi) is 3.77. The molecular formula is C18H24N2. The molecule has 1 saturated carbocycles. The number of likely N-dealkylation sites (N-methyl/N-ethyl adjacent to an activating group) is 1. The van der Waals surface area contributed by atoms with Gasteiger partial charge < -0.3 is 5.73 Å². The van der Waals surface area contributed by atoms with Crippen molar-refractivity contribution in [3.63, 3.8) is 0 Å². The van der Waals surface area contributed by atoms with Crippen molar-refractivity contribution >= 4 is 10.8 Å². The van der Waals surface area contributed by atoms with Crippen molar-refractivity contribution in [3.05, 3.63) is 48.0 Å². The summed E-state index contributed by atoms with van der Waals surface area (Å²) in [7, 11) is 2.22. The van der Waals surface area contributed by atoms with Crippen molar-refractivity contribution in [1.82, 2.24) is 4.90 Å². The van der Waals surface area contributed by atoms with Crippen LogP contribution < -0.4 is 5.73 Å².